The normalized spacial score (nSPS) is 16.9. The highest BCUT2D eigenvalue weighted by Gasteiger charge is 2.24. The Morgan fingerprint density at radius 3 is 3.00 bits per heavy atom. The predicted molar refractivity (Wildman–Crippen MR) is 116 cm³/mol. The van der Waals surface area contributed by atoms with E-state index in [9.17, 15) is 4.79 Å². The Labute approximate surface area is 179 Å². The van der Waals surface area contributed by atoms with Gasteiger partial charge in [0.2, 0.25) is 5.91 Å². The summed E-state index contributed by atoms with van der Waals surface area (Å²) >= 11 is 1.55. The number of rotatable bonds is 7. The molecule has 0 saturated carbocycles. The molecule has 4 heterocycles. The smallest absolute Gasteiger partial charge is 0.234 e. The number of aryl methyl sites for hydroxylation is 1. The number of hydrogen-bond donors (Lipinski definition) is 2. The maximum Gasteiger partial charge on any atom is 0.234 e. The Hall–Kier alpha value is -2.88. The predicted octanol–water partition coefficient (Wildman–Crippen LogP) is 2.67. The van der Waals surface area contributed by atoms with Crippen LogP contribution >= 0.6 is 11.3 Å². The van der Waals surface area contributed by atoms with Gasteiger partial charge in [-0.15, -0.1) is 11.3 Å². The van der Waals surface area contributed by atoms with Gasteiger partial charge in [0.05, 0.1) is 36.8 Å². The minimum Gasteiger partial charge on any atom is -0.369 e. The van der Waals surface area contributed by atoms with Crippen molar-refractivity contribution in [3.63, 3.8) is 0 Å². The molecule has 1 fully saturated rings. The fourth-order valence-corrected chi connectivity index (χ4v) is 3.89. The van der Waals surface area contributed by atoms with E-state index in [1.165, 1.54) is 0 Å². The highest BCUT2D eigenvalue weighted by atomic mass is 32.1. The van der Waals surface area contributed by atoms with Crippen LogP contribution < -0.4 is 10.6 Å². The van der Waals surface area contributed by atoms with Crippen molar-refractivity contribution in [2.24, 2.45) is 0 Å². The fourth-order valence-electron chi connectivity index (χ4n) is 3.20. The van der Waals surface area contributed by atoms with Gasteiger partial charge < -0.3 is 15.4 Å². The zero-order valence-electron chi connectivity index (χ0n) is 16.7. The number of anilines is 2. The summed E-state index contributed by atoms with van der Waals surface area (Å²) in [4.78, 5) is 27.7. The number of morpholine rings is 1. The zero-order chi connectivity index (χ0) is 20.8. The topological polar surface area (TPSA) is 92.3 Å². The number of pyridine rings is 2. The maximum atomic E-state index is 12.3. The van der Waals surface area contributed by atoms with Gasteiger partial charge >= 0.3 is 0 Å². The second-order valence-corrected chi connectivity index (χ2v) is 7.92. The molecule has 1 aliphatic rings. The van der Waals surface area contributed by atoms with E-state index in [0.717, 1.165) is 28.0 Å². The SMILES string of the molecule is Cc1csc(Nc2cccc([C@@H]3CN(CC(=O)NCc4ccccn4)CCO3)n2)n1. The summed E-state index contributed by atoms with van der Waals surface area (Å²) in [6, 6.07) is 11.5. The third-order valence-electron chi connectivity index (χ3n) is 4.67. The number of carbonyl (C=O) groups is 1. The molecule has 1 saturated heterocycles. The Balaban J connectivity index is 1.32. The van der Waals surface area contributed by atoms with Crippen molar-refractivity contribution in [3.05, 3.63) is 65.1 Å². The van der Waals surface area contributed by atoms with Gasteiger partial charge in [0, 0.05) is 24.7 Å². The van der Waals surface area contributed by atoms with E-state index in [1.807, 2.05) is 48.7 Å². The first-order chi connectivity index (χ1) is 14.7. The van der Waals surface area contributed by atoms with E-state index < -0.39 is 0 Å². The van der Waals surface area contributed by atoms with Crippen LogP contribution in [0.3, 0.4) is 0 Å². The van der Waals surface area contributed by atoms with Crippen LogP contribution in [0, 0.1) is 6.92 Å². The molecule has 0 unspecified atom stereocenters. The molecule has 0 aromatic carbocycles. The van der Waals surface area contributed by atoms with Crippen molar-refractivity contribution in [1.82, 2.24) is 25.2 Å². The molecular formula is C21H24N6O2S. The Bertz CT molecular complexity index is 980. The van der Waals surface area contributed by atoms with Gasteiger partial charge in [0.15, 0.2) is 5.13 Å². The molecule has 30 heavy (non-hydrogen) atoms. The first-order valence-electron chi connectivity index (χ1n) is 9.82. The van der Waals surface area contributed by atoms with E-state index >= 15 is 0 Å². The van der Waals surface area contributed by atoms with Gasteiger partial charge in [0.25, 0.3) is 0 Å². The Morgan fingerprint density at radius 2 is 2.20 bits per heavy atom. The zero-order valence-corrected chi connectivity index (χ0v) is 17.6. The van der Waals surface area contributed by atoms with E-state index in [0.29, 0.717) is 32.8 Å². The number of nitrogens with zero attached hydrogens (tertiary/aromatic N) is 4. The molecule has 9 heteroatoms. The van der Waals surface area contributed by atoms with Gasteiger partial charge in [0.1, 0.15) is 11.9 Å². The van der Waals surface area contributed by atoms with E-state index in [1.54, 1.807) is 17.5 Å². The molecule has 4 rings (SSSR count). The van der Waals surface area contributed by atoms with Crippen LogP contribution in [0.4, 0.5) is 10.9 Å². The van der Waals surface area contributed by atoms with Crippen LogP contribution in [0.25, 0.3) is 0 Å². The number of ether oxygens (including phenoxy) is 1. The van der Waals surface area contributed by atoms with Gasteiger partial charge in [-0.05, 0) is 31.2 Å². The summed E-state index contributed by atoms with van der Waals surface area (Å²) in [5, 5.41) is 8.97. The molecule has 0 bridgehead atoms. The summed E-state index contributed by atoms with van der Waals surface area (Å²) in [7, 11) is 0. The first-order valence-corrected chi connectivity index (χ1v) is 10.7. The number of hydrogen-bond acceptors (Lipinski definition) is 8. The molecule has 0 radical (unpaired) electrons. The van der Waals surface area contributed by atoms with Crippen LogP contribution in [-0.2, 0) is 16.1 Å². The van der Waals surface area contributed by atoms with Crippen LogP contribution in [0.1, 0.15) is 23.2 Å². The van der Waals surface area contributed by atoms with Crippen LogP contribution in [0.5, 0.6) is 0 Å². The van der Waals surface area contributed by atoms with Crippen LogP contribution in [0.2, 0.25) is 0 Å². The van der Waals surface area contributed by atoms with Gasteiger partial charge in [-0.25, -0.2) is 9.97 Å². The van der Waals surface area contributed by atoms with Crippen LogP contribution in [-0.4, -0.2) is 52.0 Å². The van der Waals surface area contributed by atoms with Crippen molar-refractivity contribution in [1.29, 1.82) is 0 Å². The number of nitrogens with one attached hydrogen (secondary N) is 2. The average Bonchev–Trinajstić information content (AvgIpc) is 3.18. The molecule has 1 amide bonds. The lowest BCUT2D eigenvalue weighted by Crippen LogP contribution is -2.44. The second-order valence-electron chi connectivity index (χ2n) is 7.06. The average molecular weight is 425 g/mol. The quantitative estimate of drug-likeness (QED) is 0.602. The molecule has 0 spiro atoms. The number of amides is 1. The largest absolute Gasteiger partial charge is 0.369 e. The van der Waals surface area contributed by atoms with Crippen molar-refractivity contribution >= 4 is 28.2 Å². The summed E-state index contributed by atoms with van der Waals surface area (Å²) < 4.78 is 5.93. The van der Waals surface area contributed by atoms with Gasteiger partial charge in [-0.1, -0.05) is 12.1 Å². The van der Waals surface area contributed by atoms with Crippen molar-refractivity contribution in [3.8, 4) is 0 Å². The van der Waals surface area contributed by atoms with Gasteiger partial charge in [-0.3, -0.25) is 14.7 Å². The lowest BCUT2D eigenvalue weighted by molar-refractivity contribution is -0.124. The molecule has 3 aromatic heterocycles. The molecule has 2 N–H and O–H groups in total. The summed E-state index contributed by atoms with van der Waals surface area (Å²) in [6.45, 7) is 4.60. The fraction of sp³-hybridized carbons (Fsp3) is 0.333. The van der Waals surface area contributed by atoms with Crippen LogP contribution in [0.15, 0.2) is 48.0 Å². The Kier molecular flexibility index (Phi) is 6.63. The molecule has 1 atom stereocenters. The van der Waals surface area contributed by atoms with Crippen molar-refractivity contribution in [2.45, 2.75) is 19.6 Å². The van der Waals surface area contributed by atoms with Crippen molar-refractivity contribution < 1.29 is 9.53 Å². The number of aromatic nitrogens is 3. The number of carbonyl (C=O) groups excluding carboxylic acids is 1. The minimum atomic E-state index is -0.179. The number of thiazole rings is 1. The molecule has 1 aliphatic heterocycles. The lowest BCUT2D eigenvalue weighted by atomic mass is 10.2. The van der Waals surface area contributed by atoms with E-state index in [-0.39, 0.29) is 12.0 Å². The molecular weight excluding hydrogens is 400 g/mol. The molecule has 8 nitrogen and oxygen atoms in total. The third kappa shape index (κ3) is 5.59. The molecule has 0 aliphatic carbocycles. The summed E-state index contributed by atoms with van der Waals surface area (Å²) in [5.74, 6) is 0.708. The maximum absolute atomic E-state index is 12.3. The summed E-state index contributed by atoms with van der Waals surface area (Å²) in [6.07, 6.45) is 1.54. The lowest BCUT2D eigenvalue weighted by Gasteiger charge is -2.32. The second kappa shape index (κ2) is 9.75. The summed E-state index contributed by atoms with van der Waals surface area (Å²) in [5.41, 5.74) is 2.66. The molecule has 3 aromatic rings. The van der Waals surface area contributed by atoms with E-state index in [4.69, 9.17) is 4.74 Å². The highest BCUT2D eigenvalue weighted by Crippen LogP contribution is 2.24. The monoisotopic (exact) mass is 424 g/mol. The van der Waals surface area contributed by atoms with Gasteiger partial charge in [-0.2, -0.15) is 0 Å². The molecule has 156 valence electrons. The Morgan fingerprint density at radius 1 is 1.27 bits per heavy atom. The van der Waals surface area contributed by atoms with E-state index in [2.05, 4.69) is 30.5 Å². The minimum absolute atomic E-state index is 0.0242. The van der Waals surface area contributed by atoms with Crippen molar-refractivity contribution in [2.75, 3.05) is 31.6 Å². The highest BCUT2D eigenvalue weighted by molar-refractivity contribution is 7.13. The third-order valence-corrected chi connectivity index (χ3v) is 5.54. The first kappa shape index (κ1) is 20.4. The standard InChI is InChI=1S/C21H24N6O2S/c1-15-14-30-21(24-15)26-19-7-4-6-17(25-19)18-12-27(9-10-29-18)13-20(28)23-11-16-5-2-3-8-22-16/h2-8,14,18H,9-13H2,1H3,(H,23,28)(H,24,25,26)/t18-/m0/s1.